The van der Waals surface area contributed by atoms with Crippen molar-refractivity contribution in [3.8, 4) is 11.5 Å². The molecule has 0 unspecified atom stereocenters. The number of hydrogen-bond acceptors (Lipinski definition) is 6. The molecule has 194 valence electrons. The fourth-order valence-corrected chi connectivity index (χ4v) is 11.2. The highest BCUT2D eigenvalue weighted by Crippen LogP contribution is 2.36. The molecule has 0 saturated heterocycles. The smallest absolute Gasteiger partial charge is 0.342 e. The maximum atomic E-state index is 12.3. The van der Waals surface area contributed by atoms with Crippen LogP contribution in [-0.4, -0.2) is 48.9 Å². The standard InChI is InChI=1S/C26H46O6Si2/c1-7-33(8-2,9-3)17-15-28-20-31-23-13-14-24(25-22(23)19-30-26(25)27)32-21-29-16-18-34(10-4,11-5)12-6/h13-14H,7-12,15-21H2,1-6H3. The van der Waals surface area contributed by atoms with Crippen molar-refractivity contribution < 1.29 is 28.5 Å². The van der Waals surface area contributed by atoms with Crippen LogP contribution in [0.3, 0.4) is 0 Å². The molecule has 1 heterocycles. The third kappa shape index (κ3) is 7.32. The van der Waals surface area contributed by atoms with Crippen molar-refractivity contribution in [2.75, 3.05) is 26.8 Å². The topological polar surface area (TPSA) is 63.2 Å². The molecule has 0 atom stereocenters. The second kappa shape index (κ2) is 14.3. The predicted octanol–water partition coefficient (Wildman–Crippen LogP) is 7.08. The zero-order valence-corrected chi connectivity index (χ0v) is 24.3. The normalized spacial score (nSPS) is 13.6. The Labute approximate surface area is 208 Å². The summed E-state index contributed by atoms with van der Waals surface area (Å²) in [6.45, 7) is 15.7. The van der Waals surface area contributed by atoms with Crippen LogP contribution in [0.4, 0.5) is 0 Å². The molecule has 1 aliphatic heterocycles. The van der Waals surface area contributed by atoms with Gasteiger partial charge in [-0.05, 0) is 24.2 Å². The number of rotatable bonds is 18. The van der Waals surface area contributed by atoms with E-state index in [9.17, 15) is 4.79 Å². The molecule has 1 aliphatic rings. The summed E-state index contributed by atoms with van der Waals surface area (Å²) in [6, 6.07) is 13.6. The number of hydrogen-bond donors (Lipinski definition) is 0. The molecule has 1 aromatic rings. The van der Waals surface area contributed by atoms with E-state index in [-0.39, 0.29) is 26.2 Å². The monoisotopic (exact) mass is 510 g/mol. The van der Waals surface area contributed by atoms with Gasteiger partial charge in [-0.1, -0.05) is 77.8 Å². The summed E-state index contributed by atoms with van der Waals surface area (Å²) in [5.74, 6) is 0.722. The Hall–Kier alpha value is -1.36. The third-order valence-electron chi connectivity index (χ3n) is 8.43. The van der Waals surface area contributed by atoms with E-state index < -0.39 is 16.1 Å². The fourth-order valence-electron chi connectivity index (χ4n) is 4.91. The maximum absolute atomic E-state index is 12.3. The number of esters is 1. The van der Waals surface area contributed by atoms with Crippen LogP contribution in [0.25, 0.3) is 0 Å². The van der Waals surface area contributed by atoms with E-state index in [1.807, 2.05) is 6.07 Å². The van der Waals surface area contributed by atoms with Gasteiger partial charge >= 0.3 is 5.97 Å². The highest BCUT2D eigenvalue weighted by Gasteiger charge is 2.30. The molecule has 0 N–H and O–H groups in total. The van der Waals surface area contributed by atoms with Gasteiger partial charge in [0.25, 0.3) is 0 Å². The number of fused-ring (bicyclic) bond motifs is 1. The highest BCUT2D eigenvalue weighted by molar-refractivity contribution is 6.80. The summed E-state index contributed by atoms with van der Waals surface area (Å²) < 4.78 is 28.5. The van der Waals surface area contributed by atoms with E-state index in [4.69, 9.17) is 23.7 Å². The van der Waals surface area contributed by atoms with Crippen molar-refractivity contribution in [2.45, 2.75) is 96.5 Å². The highest BCUT2D eigenvalue weighted by atomic mass is 28.3. The average molecular weight is 511 g/mol. The number of carbonyl (C=O) groups is 1. The molecule has 6 nitrogen and oxygen atoms in total. The van der Waals surface area contributed by atoms with Crippen molar-refractivity contribution in [1.29, 1.82) is 0 Å². The molecule has 0 bridgehead atoms. The van der Waals surface area contributed by atoms with Gasteiger partial charge in [-0.2, -0.15) is 0 Å². The van der Waals surface area contributed by atoms with Crippen LogP contribution in [0.1, 0.15) is 57.5 Å². The first kappa shape index (κ1) is 28.9. The molecule has 0 aliphatic carbocycles. The van der Waals surface area contributed by atoms with E-state index in [2.05, 4.69) is 41.5 Å². The van der Waals surface area contributed by atoms with Gasteiger partial charge in [0.15, 0.2) is 13.6 Å². The molecule has 0 fully saturated rings. The first-order valence-electron chi connectivity index (χ1n) is 13.2. The van der Waals surface area contributed by atoms with Gasteiger partial charge in [0.1, 0.15) is 23.7 Å². The summed E-state index contributed by atoms with van der Waals surface area (Å²) in [4.78, 5) is 12.3. The number of benzene rings is 1. The van der Waals surface area contributed by atoms with E-state index in [0.717, 1.165) is 24.3 Å². The molecular weight excluding hydrogens is 464 g/mol. The number of cyclic esters (lactones) is 1. The molecule has 2 rings (SSSR count). The second-order valence-electron chi connectivity index (χ2n) is 9.45. The van der Waals surface area contributed by atoms with Crippen molar-refractivity contribution in [3.63, 3.8) is 0 Å². The summed E-state index contributed by atoms with van der Waals surface area (Å²) in [5.41, 5.74) is 1.16. The Balaban J connectivity index is 1.87. The van der Waals surface area contributed by atoms with Crippen LogP contribution in [0.2, 0.25) is 48.4 Å². The fraction of sp³-hybridized carbons (Fsp3) is 0.731. The molecule has 0 spiro atoms. The van der Waals surface area contributed by atoms with Crippen LogP contribution in [0, 0.1) is 0 Å². The maximum Gasteiger partial charge on any atom is 0.342 e. The Morgan fingerprint density at radius 2 is 1.18 bits per heavy atom. The van der Waals surface area contributed by atoms with Gasteiger partial charge in [0.05, 0.1) is 16.1 Å². The summed E-state index contributed by atoms with van der Waals surface area (Å²) in [5, 5.41) is 0. The van der Waals surface area contributed by atoms with Gasteiger partial charge in [-0.15, -0.1) is 0 Å². The third-order valence-corrected chi connectivity index (χ3v) is 20.0. The van der Waals surface area contributed by atoms with Gasteiger partial charge in [0, 0.05) is 18.8 Å². The molecule has 0 amide bonds. The van der Waals surface area contributed by atoms with E-state index in [1.165, 1.54) is 36.3 Å². The van der Waals surface area contributed by atoms with Gasteiger partial charge in [-0.3, -0.25) is 0 Å². The van der Waals surface area contributed by atoms with Gasteiger partial charge < -0.3 is 23.7 Å². The molecule has 0 radical (unpaired) electrons. The van der Waals surface area contributed by atoms with Crippen LogP contribution < -0.4 is 9.47 Å². The minimum atomic E-state index is -1.20. The van der Waals surface area contributed by atoms with E-state index in [1.54, 1.807) is 6.07 Å². The van der Waals surface area contributed by atoms with Crippen LogP contribution >= 0.6 is 0 Å². The largest absolute Gasteiger partial charge is 0.467 e. The van der Waals surface area contributed by atoms with Crippen LogP contribution in [-0.2, 0) is 20.8 Å². The lowest BCUT2D eigenvalue weighted by atomic mass is 10.1. The Morgan fingerprint density at radius 1 is 0.735 bits per heavy atom. The van der Waals surface area contributed by atoms with Crippen LogP contribution in [0.15, 0.2) is 12.1 Å². The first-order valence-corrected chi connectivity index (χ1v) is 18.8. The summed E-state index contributed by atoms with van der Waals surface area (Å²) in [7, 11) is -2.39. The minimum absolute atomic E-state index is 0.128. The Bertz CT molecular complexity index is 745. The second-order valence-corrected chi connectivity index (χ2v) is 20.7. The van der Waals surface area contributed by atoms with E-state index in [0.29, 0.717) is 23.7 Å². The van der Waals surface area contributed by atoms with E-state index >= 15 is 0 Å². The van der Waals surface area contributed by atoms with Crippen molar-refractivity contribution in [1.82, 2.24) is 0 Å². The lowest BCUT2D eigenvalue weighted by Crippen LogP contribution is -2.32. The number of ether oxygens (including phenoxy) is 5. The van der Waals surface area contributed by atoms with Gasteiger partial charge in [0.2, 0.25) is 0 Å². The lowest BCUT2D eigenvalue weighted by Gasteiger charge is -2.27. The molecule has 0 saturated carbocycles. The Morgan fingerprint density at radius 3 is 1.65 bits per heavy atom. The summed E-state index contributed by atoms with van der Waals surface area (Å²) >= 11 is 0. The number of carbonyl (C=O) groups excluding carboxylic acids is 1. The zero-order chi connectivity index (χ0) is 25.0. The van der Waals surface area contributed by atoms with Crippen molar-refractivity contribution in [2.24, 2.45) is 0 Å². The quantitative estimate of drug-likeness (QED) is 0.0910. The average Bonchev–Trinajstić information content (AvgIpc) is 3.27. The predicted molar refractivity (Wildman–Crippen MR) is 142 cm³/mol. The molecule has 1 aromatic carbocycles. The summed E-state index contributed by atoms with van der Waals surface area (Å²) in [6.07, 6.45) is 0. The molecular formula is C26H46O6Si2. The Kier molecular flexibility index (Phi) is 12.1. The van der Waals surface area contributed by atoms with Crippen molar-refractivity contribution >= 4 is 22.1 Å². The molecule has 8 heteroatoms. The molecule has 34 heavy (non-hydrogen) atoms. The van der Waals surface area contributed by atoms with Gasteiger partial charge in [-0.25, -0.2) is 4.79 Å². The molecule has 0 aromatic heterocycles. The SMILES string of the molecule is CC[Si](CC)(CC)CCOCOc1ccc(OCOCC[Si](CC)(CC)CC)c2c1COC2=O. The minimum Gasteiger partial charge on any atom is -0.467 e. The van der Waals surface area contributed by atoms with Crippen molar-refractivity contribution in [3.05, 3.63) is 23.3 Å². The zero-order valence-electron chi connectivity index (χ0n) is 22.3. The first-order chi connectivity index (χ1) is 16.4. The van der Waals surface area contributed by atoms with Crippen LogP contribution in [0.5, 0.6) is 11.5 Å². The lowest BCUT2D eigenvalue weighted by molar-refractivity contribution is 0.0189.